The van der Waals surface area contributed by atoms with Gasteiger partial charge in [-0.1, -0.05) is 46.5 Å². The molecule has 0 saturated carbocycles. The predicted molar refractivity (Wildman–Crippen MR) is 113 cm³/mol. The fraction of sp³-hybridized carbons (Fsp3) is 0.800. The molecule has 0 radical (unpaired) electrons. The topological polar surface area (TPSA) is 36.9 Å². The summed E-state index contributed by atoms with van der Waals surface area (Å²) in [7, 11) is -1.65. The van der Waals surface area contributed by atoms with Crippen LogP contribution in [-0.2, 0) is 18.6 Å². The van der Waals surface area contributed by atoms with Gasteiger partial charge in [-0.3, -0.25) is 0 Å². The van der Waals surface area contributed by atoms with Crippen LogP contribution in [0.5, 0.6) is 0 Å². The molecule has 1 fully saturated rings. The van der Waals surface area contributed by atoms with Crippen molar-refractivity contribution >= 4 is 16.4 Å². The lowest BCUT2D eigenvalue weighted by molar-refractivity contribution is -0.186. The van der Waals surface area contributed by atoms with Gasteiger partial charge in [-0.25, -0.2) is 0 Å². The normalized spacial score (nSPS) is 26.9. The first-order valence-electron chi connectivity index (χ1n) is 9.81. The zero-order valence-corrected chi connectivity index (χ0v) is 19.8. The van der Waals surface area contributed by atoms with Gasteiger partial charge in [0.15, 0.2) is 8.32 Å². The Labute approximate surface area is 162 Å². The second kappa shape index (κ2) is 10.8. The Morgan fingerprint density at radius 2 is 1.73 bits per heavy atom. The summed E-state index contributed by atoms with van der Waals surface area (Å²) in [4.78, 5) is 0. The van der Waals surface area contributed by atoms with E-state index in [0.29, 0.717) is 6.61 Å². The van der Waals surface area contributed by atoms with Crippen LogP contribution in [0.25, 0.3) is 0 Å². The summed E-state index contributed by atoms with van der Waals surface area (Å²) in [5.41, 5.74) is 3.50. The van der Waals surface area contributed by atoms with Gasteiger partial charge >= 0.3 is 0 Å². The van der Waals surface area contributed by atoms with Gasteiger partial charge in [0.05, 0.1) is 18.6 Å². The lowest BCUT2D eigenvalue weighted by Gasteiger charge is -2.44. The van der Waals surface area contributed by atoms with Gasteiger partial charge in [0, 0.05) is 7.11 Å². The average molecular weight is 399 g/mol. The number of hydrogen-bond donors (Lipinski definition) is 0. The molecule has 1 aliphatic rings. The Morgan fingerprint density at radius 3 is 2.19 bits per heavy atom. The molecule has 26 heavy (non-hydrogen) atoms. The summed E-state index contributed by atoms with van der Waals surface area (Å²) in [6.45, 7) is 18.2. The molecule has 4 nitrogen and oxygen atoms in total. The lowest BCUT2D eigenvalue weighted by atomic mass is 9.93. The van der Waals surface area contributed by atoms with E-state index in [9.17, 15) is 0 Å². The SMILES string of the molecule is C=C[C@@H]1OC[C@H](C#C[Si](C)(C)C)[C@@H](O[Si](CC)(CC)CC)[C@H]1OCOC. The number of hydrogen-bond acceptors (Lipinski definition) is 4. The molecule has 0 aromatic rings. The molecule has 150 valence electrons. The van der Waals surface area contributed by atoms with Crippen LogP contribution < -0.4 is 0 Å². The Morgan fingerprint density at radius 1 is 1.12 bits per heavy atom. The molecule has 0 aromatic carbocycles. The van der Waals surface area contributed by atoms with Crippen LogP contribution in [0.15, 0.2) is 12.7 Å². The molecule has 1 rings (SSSR count). The second-order valence-electron chi connectivity index (χ2n) is 8.02. The van der Waals surface area contributed by atoms with Crippen molar-refractivity contribution in [3.8, 4) is 11.5 Å². The van der Waals surface area contributed by atoms with E-state index in [1.165, 1.54) is 0 Å². The van der Waals surface area contributed by atoms with Crippen molar-refractivity contribution < 1.29 is 18.6 Å². The molecule has 0 aliphatic carbocycles. The first kappa shape index (κ1) is 23.6. The van der Waals surface area contributed by atoms with E-state index in [-0.39, 0.29) is 31.0 Å². The minimum atomic E-state index is -1.81. The van der Waals surface area contributed by atoms with Crippen LogP contribution in [0.2, 0.25) is 37.8 Å². The van der Waals surface area contributed by atoms with Gasteiger partial charge in [-0.05, 0) is 18.1 Å². The molecule has 0 N–H and O–H groups in total. The minimum Gasteiger partial charge on any atom is -0.410 e. The minimum absolute atomic E-state index is 0.0244. The molecule has 6 heteroatoms. The molecule has 1 aliphatic heterocycles. The molecule has 0 spiro atoms. The molecule has 0 aromatic heterocycles. The largest absolute Gasteiger partial charge is 0.410 e. The summed E-state index contributed by atoms with van der Waals surface area (Å²) < 4.78 is 24.1. The van der Waals surface area contributed by atoms with Gasteiger partial charge in [-0.2, -0.15) is 0 Å². The maximum Gasteiger partial charge on any atom is 0.192 e. The number of ether oxygens (including phenoxy) is 3. The zero-order valence-electron chi connectivity index (χ0n) is 17.8. The van der Waals surface area contributed by atoms with Crippen LogP contribution in [0, 0.1) is 17.4 Å². The van der Waals surface area contributed by atoms with Crippen LogP contribution in [0.4, 0.5) is 0 Å². The fourth-order valence-corrected chi connectivity index (χ4v) is 6.72. The van der Waals surface area contributed by atoms with Gasteiger partial charge in [-0.15, -0.1) is 18.0 Å². The van der Waals surface area contributed by atoms with E-state index >= 15 is 0 Å². The molecule has 1 saturated heterocycles. The van der Waals surface area contributed by atoms with Crippen molar-refractivity contribution in [2.24, 2.45) is 5.92 Å². The summed E-state index contributed by atoms with van der Waals surface area (Å²) in [6, 6.07) is 3.30. The van der Waals surface area contributed by atoms with Crippen molar-refractivity contribution in [1.82, 2.24) is 0 Å². The highest BCUT2D eigenvalue weighted by atomic mass is 28.4. The van der Waals surface area contributed by atoms with Gasteiger partial charge in [0.25, 0.3) is 0 Å². The lowest BCUT2D eigenvalue weighted by Crippen LogP contribution is -2.56. The van der Waals surface area contributed by atoms with E-state index in [2.05, 4.69) is 58.5 Å². The molecule has 4 atom stereocenters. The monoisotopic (exact) mass is 398 g/mol. The molecule has 0 amide bonds. The van der Waals surface area contributed by atoms with E-state index in [4.69, 9.17) is 18.6 Å². The molecular formula is C20H38O4Si2. The van der Waals surface area contributed by atoms with Gasteiger partial charge in [0.2, 0.25) is 0 Å². The first-order chi connectivity index (χ1) is 12.3. The molecule has 0 unspecified atom stereocenters. The maximum absolute atomic E-state index is 6.89. The summed E-state index contributed by atoms with van der Waals surface area (Å²) in [6.07, 6.45) is 1.28. The van der Waals surface area contributed by atoms with Crippen molar-refractivity contribution in [2.45, 2.75) is 76.9 Å². The Bertz CT molecular complexity index is 480. The summed E-state index contributed by atoms with van der Waals surface area (Å²) >= 11 is 0. The quantitative estimate of drug-likeness (QED) is 0.249. The number of rotatable bonds is 9. The standard InChI is InChI=1S/C20H38O4Si2/c1-9-18-20(23-16-21-5)19(24-26(10-2,11-3)12-4)17(15-22-18)13-14-25(6,7)8/h9,17-20H,1,10-12,15-16H2,2-8H3/t17-,18-,19+,20-/m0/s1. The van der Waals surface area contributed by atoms with Crippen LogP contribution in [-0.4, -0.2) is 55.2 Å². The highest BCUT2D eigenvalue weighted by Gasteiger charge is 2.44. The summed E-state index contributed by atoms with van der Waals surface area (Å²) in [5.74, 6) is 3.51. The maximum atomic E-state index is 6.89. The third kappa shape index (κ3) is 6.63. The van der Waals surface area contributed by atoms with Gasteiger partial charge < -0.3 is 18.6 Å². The van der Waals surface area contributed by atoms with Crippen molar-refractivity contribution in [2.75, 3.05) is 20.5 Å². The smallest absolute Gasteiger partial charge is 0.192 e. The van der Waals surface area contributed by atoms with Crippen molar-refractivity contribution in [3.63, 3.8) is 0 Å². The second-order valence-corrected chi connectivity index (χ2v) is 17.5. The van der Waals surface area contributed by atoms with Crippen molar-refractivity contribution in [3.05, 3.63) is 12.7 Å². The Hall–Kier alpha value is -0.426. The predicted octanol–water partition coefficient (Wildman–Crippen LogP) is 4.45. The van der Waals surface area contributed by atoms with E-state index < -0.39 is 16.4 Å². The third-order valence-electron chi connectivity index (χ3n) is 5.07. The van der Waals surface area contributed by atoms with E-state index in [1.807, 2.05) is 6.08 Å². The molecule has 1 heterocycles. The van der Waals surface area contributed by atoms with E-state index in [1.54, 1.807) is 7.11 Å². The molecular weight excluding hydrogens is 360 g/mol. The first-order valence-corrected chi connectivity index (χ1v) is 15.8. The van der Waals surface area contributed by atoms with Crippen LogP contribution >= 0.6 is 0 Å². The highest BCUT2D eigenvalue weighted by molar-refractivity contribution is 6.83. The summed E-state index contributed by atoms with van der Waals surface area (Å²) in [5, 5.41) is 0. The van der Waals surface area contributed by atoms with E-state index in [0.717, 1.165) is 18.1 Å². The van der Waals surface area contributed by atoms with Crippen LogP contribution in [0.3, 0.4) is 0 Å². The Kier molecular flexibility index (Phi) is 9.80. The fourth-order valence-electron chi connectivity index (χ4n) is 3.23. The number of methoxy groups -OCH3 is 1. The zero-order chi connectivity index (χ0) is 19.8. The third-order valence-corrected chi connectivity index (χ3v) is 10.6. The van der Waals surface area contributed by atoms with Crippen LogP contribution in [0.1, 0.15) is 20.8 Å². The molecule has 0 bridgehead atoms. The van der Waals surface area contributed by atoms with Crippen molar-refractivity contribution in [1.29, 1.82) is 0 Å². The highest BCUT2D eigenvalue weighted by Crippen LogP contribution is 2.32. The van der Waals surface area contributed by atoms with Gasteiger partial charge in [0.1, 0.15) is 27.1 Å². The Balaban J connectivity index is 3.22. The average Bonchev–Trinajstić information content (AvgIpc) is 2.62.